The number of nitrogens with one attached hydrogen (secondary N) is 1. The summed E-state index contributed by atoms with van der Waals surface area (Å²) in [5.74, 6) is -1.83. The molecule has 1 aromatic rings. The summed E-state index contributed by atoms with van der Waals surface area (Å²) in [6.45, 7) is 4.11. The molecule has 1 rings (SSSR count). The summed E-state index contributed by atoms with van der Waals surface area (Å²) < 4.78 is 26.5. The normalized spacial score (nSPS) is 12.8. The Balaban J connectivity index is 2.72. The first-order valence-corrected chi connectivity index (χ1v) is 6.16. The summed E-state index contributed by atoms with van der Waals surface area (Å²) >= 11 is 0. The van der Waals surface area contributed by atoms with E-state index in [9.17, 15) is 13.9 Å². The zero-order chi connectivity index (χ0) is 13.7. The molecule has 0 aromatic heterocycles. The largest absolute Gasteiger partial charge is 0.397 e. The summed E-state index contributed by atoms with van der Waals surface area (Å²) in [6.07, 6.45) is 1.06. The Morgan fingerprint density at radius 3 is 2.44 bits per heavy atom. The number of rotatable bonds is 6. The second-order valence-corrected chi connectivity index (χ2v) is 4.35. The number of aliphatic hydroxyl groups is 1. The summed E-state index contributed by atoms with van der Waals surface area (Å²) in [5, 5.41) is 12.6. The van der Waals surface area contributed by atoms with Gasteiger partial charge in [-0.05, 0) is 18.1 Å². The molecule has 0 aliphatic carbocycles. The molecule has 18 heavy (non-hydrogen) atoms. The predicted molar refractivity (Wildman–Crippen MR) is 69.3 cm³/mol. The van der Waals surface area contributed by atoms with Crippen molar-refractivity contribution in [2.75, 3.05) is 17.6 Å². The van der Waals surface area contributed by atoms with Crippen molar-refractivity contribution in [1.82, 2.24) is 0 Å². The Kier molecular flexibility index (Phi) is 5.34. The molecule has 0 saturated carbocycles. The quantitative estimate of drug-likeness (QED) is 0.688. The maximum atomic E-state index is 13.5. The van der Waals surface area contributed by atoms with Crippen molar-refractivity contribution < 1.29 is 13.9 Å². The highest BCUT2D eigenvalue weighted by atomic mass is 19.2. The van der Waals surface area contributed by atoms with Crippen LogP contribution in [-0.4, -0.2) is 17.8 Å². The molecule has 0 aliphatic heterocycles. The van der Waals surface area contributed by atoms with Crippen LogP contribution in [0.5, 0.6) is 0 Å². The highest BCUT2D eigenvalue weighted by Crippen LogP contribution is 2.25. The third-order valence-electron chi connectivity index (χ3n) is 3.21. The molecule has 1 aromatic carbocycles. The minimum atomic E-state index is -1.01. The van der Waals surface area contributed by atoms with E-state index in [4.69, 9.17) is 5.73 Å². The van der Waals surface area contributed by atoms with Crippen LogP contribution in [0.4, 0.5) is 20.2 Å². The highest BCUT2D eigenvalue weighted by molar-refractivity contribution is 5.66. The summed E-state index contributed by atoms with van der Waals surface area (Å²) in [5.41, 5.74) is 5.61. The van der Waals surface area contributed by atoms with Crippen molar-refractivity contribution in [2.24, 2.45) is 5.92 Å². The SMILES string of the molecule is CCC(CC)C(O)CNc1c(N)ccc(F)c1F. The van der Waals surface area contributed by atoms with Gasteiger partial charge in [-0.1, -0.05) is 26.7 Å². The molecule has 3 nitrogen and oxygen atoms in total. The van der Waals surface area contributed by atoms with E-state index in [0.29, 0.717) is 0 Å². The molecule has 0 radical (unpaired) electrons. The van der Waals surface area contributed by atoms with Crippen LogP contribution in [0.1, 0.15) is 26.7 Å². The van der Waals surface area contributed by atoms with E-state index in [0.717, 1.165) is 18.9 Å². The van der Waals surface area contributed by atoms with Gasteiger partial charge >= 0.3 is 0 Å². The number of nitrogen functional groups attached to an aromatic ring is 1. The molecule has 5 heteroatoms. The molecule has 0 heterocycles. The Bertz CT molecular complexity index is 395. The fourth-order valence-corrected chi connectivity index (χ4v) is 1.95. The van der Waals surface area contributed by atoms with Gasteiger partial charge in [0, 0.05) is 6.54 Å². The van der Waals surface area contributed by atoms with E-state index in [1.807, 2.05) is 13.8 Å². The first-order valence-electron chi connectivity index (χ1n) is 6.16. The van der Waals surface area contributed by atoms with Crippen LogP contribution in [0.15, 0.2) is 12.1 Å². The molecule has 0 saturated heterocycles. The summed E-state index contributed by atoms with van der Waals surface area (Å²) in [6, 6.07) is 2.28. The maximum Gasteiger partial charge on any atom is 0.183 e. The first-order chi connectivity index (χ1) is 8.51. The molecule has 4 N–H and O–H groups in total. The van der Waals surface area contributed by atoms with E-state index in [1.54, 1.807) is 0 Å². The van der Waals surface area contributed by atoms with Crippen molar-refractivity contribution in [3.05, 3.63) is 23.8 Å². The summed E-state index contributed by atoms with van der Waals surface area (Å²) in [4.78, 5) is 0. The van der Waals surface area contributed by atoms with Gasteiger partial charge < -0.3 is 16.2 Å². The number of nitrogens with two attached hydrogens (primary N) is 1. The number of hydrogen-bond acceptors (Lipinski definition) is 3. The fourth-order valence-electron chi connectivity index (χ4n) is 1.95. The van der Waals surface area contributed by atoms with Crippen LogP contribution in [0.25, 0.3) is 0 Å². The zero-order valence-electron chi connectivity index (χ0n) is 10.7. The van der Waals surface area contributed by atoms with Crippen LogP contribution in [0, 0.1) is 17.6 Å². The number of anilines is 2. The number of hydrogen-bond donors (Lipinski definition) is 3. The number of halogens is 2. The van der Waals surface area contributed by atoms with E-state index in [2.05, 4.69) is 5.32 Å². The molecule has 0 aliphatic rings. The van der Waals surface area contributed by atoms with Gasteiger partial charge in [0.25, 0.3) is 0 Å². The van der Waals surface area contributed by atoms with Gasteiger partial charge in [-0.2, -0.15) is 0 Å². The second-order valence-electron chi connectivity index (χ2n) is 4.35. The van der Waals surface area contributed by atoms with E-state index in [-0.39, 0.29) is 23.8 Å². The van der Waals surface area contributed by atoms with Gasteiger partial charge in [-0.25, -0.2) is 8.78 Å². The lowest BCUT2D eigenvalue weighted by Crippen LogP contribution is -2.28. The molecular weight excluding hydrogens is 238 g/mol. The molecule has 0 bridgehead atoms. The summed E-state index contributed by atoms with van der Waals surface area (Å²) in [7, 11) is 0. The molecule has 102 valence electrons. The second kappa shape index (κ2) is 6.54. The van der Waals surface area contributed by atoms with Crippen molar-refractivity contribution in [2.45, 2.75) is 32.8 Å². The van der Waals surface area contributed by atoms with Gasteiger partial charge in [0.05, 0.1) is 17.5 Å². The van der Waals surface area contributed by atoms with Crippen LogP contribution >= 0.6 is 0 Å². The van der Waals surface area contributed by atoms with Gasteiger partial charge in [0.15, 0.2) is 11.6 Å². The van der Waals surface area contributed by atoms with E-state index >= 15 is 0 Å². The monoisotopic (exact) mass is 258 g/mol. The third kappa shape index (κ3) is 3.32. The zero-order valence-corrected chi connectivity index (χ0v) is 10.7. The molecule has 0 spiro atoms. The predicted octanol–water partition coefficient (Wildman–Crippen LogP) is 2.76. The Hall–Kier alpha value is -1.36. The lowest BCUT2D eigenvalue weighted by molar-refractivity contribution is 0.114. The van der Waals surface area contributed by atoms with E-state index in [1.165, 1.54) is 6.07 Å². The molecular formula is C13H20F2N2O. The van der Waals surface area contributed by atoms with Crippen molar-refractivity contribution >= 4 is 11.4 Å². The Morgan fingerprint density at radius 1 is 1.28 bits per heavy atom. The lowest BCUT2D eigenvalue weighted by atomic mass is 9.96. The lowest BCUT2D eigenvalue weighted by Gasteiger charge is -2.21. The van der Waals surface area contributed by atoms with Crippen LogP contribution in [0.2, 0.25) is 0 Å². The minimum Gasteiger partial charge on any atom is -0.397 e. The van der Waals surface area contributed by atoms with E-state index < -0.39 is 17.7 Å². The van der Waals surface area contributed by atoms with Crippen molar-refractivity contribution in [3.8, 4) is 0 Å². The van der Waals surface area contributed by atoms with Gasteiger partial charge in [0.2, 0.25) is 0 Å². The number of aliphatic hydroxyl groups excluding tert-OH is 1. The van der Waals surface area contributed by atoms with Crippen LogP contribution in [-0.2, 0) is 0 Å². The van der Waals surface area contributed by atoms with Gasteiger partial charge in [-0.15, -0.1) is 0 Å². The van der Waals surface area contributed by atoms with Gasteiger partial charge in [-0.3, -0.25) is 0 Å². The molecule has 0 fully saturated rings. The average molecular weight is 258 g/mol. The maximum absolute atomic E-state index is 13.5. The Morgan fingerprint density at radius 2 is 1.89 bits per heavy atom. The number of benzene rings is 1. The fraction of sp³-hybridized carbons (Fsp3) is 0.538. The Labute approximate surface area is 106 Å². The minimum absolute atomic E-state index is 0.0833. The van der Waals surface area contributed by atoms with Crippen molar-refractivity contribution in [1.29, 1.82) is 0 Å². The van der Waals surface area contributed by atoms with Crippen LogP contribution in [0.3, 0.4) is 0 Å². The van der Waals surface area contributed by atoms with Gasteiger partial charge in [0.1, 0.15) is 0 Å². The standard InChI is InChI=1S/C13H20F2N2O/c1-3-8(4-2)11(18)7-17-13-10(16)6-5-9(14)12(13)15/h5-6,8,11,17-18H,3-4,7,16H2,1-2H3. The topological polar surface area (TPSA) is 58.3 Å². The molecule has 1 atom stereocenters. The smallest absolute Gasteiger partial charge is 0.183 e. The average Bonchev–Trinajstić information content (AvgIpc) is 2.35. The molecule has 0 amide bonds. The van der Waals surface area contributed by atoms with Crippen LogP contribution < -0.4 is 11.1 Å². The van der Waals surface area contributed by atoms with Crippen molar-refractivity contribution in [3.63, 3.8) is 0 Å². The first kappa shape index (κ1) is 14.7. The third-order valence-corrected chi connectivity index (χ3v) is 3.21. The molecule has 1 unspecified atom stereocenters. The highest BCUT2D eigenvalue weighted by Gasteiger charge is 2.17.